The predicted octanol–water partition coefficient (Wildman–Crippen LogP) is 0.801. The normalized spacial score (nSPS) is 12.1. The van der Waals surface area contributed by atoms with Gasteiger partial charge in [-0.25, -0.2) is 4.79 Å². The van der Waals surface area contributed by atoms with E-state index in [1.54, 1.807) is 19.1 Å². The molecule has 1 amide bonds. The Morgan fingerprint density at radius 3 is 2.80 bits per heavy atom. The van der Waals surface area contributed by atoms with Crippen molar-refractivity contribution in [3.8, 4) is 0 Å². The molecular formula is C10H13NO4. The molecule has 0 radical (unpaired) electrons. The summed E-state index contributed by atoms with van der Waals surface area (Å²) < 4.78 is 4.97. The molecule has 1 heterocycles. The van der Waals surface area contributed by atoms with E-state index in [1.807, 2.05) is 0 Å². The molecule has 2 N–H and O–H groups in total. The van der Waals surface area contributed by atoms with Gasteiger partial charge in [-0.1, -0.05) is 6.92 Å². The van der Waals surface area contributed by atoms with Gasteiger partial charge in [-0.15, -0.1) is 0 Å². The molecule has 0 bridgehead atoms. The maximum Gasteiger partial charge on any atom is 0.326 e. The van der Waals surface area contributed by atoms with Crippen molar-refractivity contribution in [1.82, 2.24) is 5.32 Å². The van der Waals surface area contributed by atoms with Gasteiger partial charge in [0.05, 0.1) is 12.7 Å². The summed E-state index contributed by atoms with van der Waals surface area (Å²) in [5.41, 5.74) is 0. The van der Waals surface area contributed by atoms with Crippen LogP contribution in [-0.2, 0) is 16.0 Å². The molecule has 5 nitrogen and oxygen atoms in total. The summed E-state index contributed by atoms with van der Waals surface area (Å²) in [4.78, 5) is 22.0. The fourth-order valence-corrected chi connectivity index (χ4v) is 1.16. The van der Waals surface area contributed by atoms with Crippen molar-refractivity contribution in [3.63, 3.8) is 0 Å². The van der Waals surface area contributed by atoms with Crippen LogP contribution in [0.5, 0.6) is 0 Å². The second-order valence-electron chi connectivity index (χ2n) is 3.12. The first-order valence-corrected chi connectivity index (χ1v) is 4.68. The van der Waals surface area contributed by atoms with Crippen LogP contribution in [0.2, 0.25) is 0 Å². The second kappa shape index (κ2) is 5.19. The van der Waals surface area contributed by atoms with Crippen molar-refractivity contribution in [1.29, 1.82) is 0 Å². The Morgan fingerprint density at radius 2 is 2.33 bits per heavy atom. The monoisotopic (exact) mass is 211 g/mol. The van der Waals surface area contributed by atoms with Crippen LogP contribution in [0.25, 0.3) is 0 Å². The van der Waals surface area contributed by atoms with Crippen molar-refractivity contribution in [2.24, 2.45) is 0 Å². The molecule has 1 aromatic rings. The Balaban J connectivity index is 2.45. The highest BCUT2D eigenvalue weighted by Crippen LogP contribution is 2.01. The van der Waals surface area contributed by atoms with E-state index in [-0.39, 0.29) is 12.3 Å². The summed E-state index contributed by atoms with van der Waals surface area (Å²) in [6, 6.07) is 2.52. The number of hydrogen-bond donors (Lipinski definition) is 2. The van der Waals surface area contributed by atoms with Crippen molar-refractivity contribution in [2.75, 3.05) is 0 Å². The number of aliphatic carboxylic acids is 1. The minimum atomic E-state index is -1.02. The summed E-state index contributed by atoms with van der Waals surface area (Å²) in [7, 11) is 0. The van der Waals surface area contributed by atoms with Crippen LogP contribution in [0, 0.1) is 0 Å². The maximum absolute atomic E-state index is 11.3. The standard InChI is InChI=1S/C10H13NO4/c1-2-8(10(13)14)11-9(12)6-7-4-3-5-15-7/h3-5,8H,2,6H2,1H3,(H,11,12)(H,13,14). The third-order valence-corrected chi connectivity index (χ3v) is 1.96. The minimum absolute atomic E-state index is 0.0662. The van der Waals surface area contributed by atoms with Crippen LogP contribution in [0.15, 0.2) is 22.8 Å². The molecule has 82 valence electrons. The Labute approximate surface area is 87.1 Å². The lowest BCUT2D eigenvalue weighted by Crippen LogP contribution is -2.40. The molecule has 0 aromatic carbocycles. The zero-order chi connectivity index (χ0) is 11.3. The number of carboxylic acids is 1. The zero-order valence-electron chi connectivity index (χ0n) is 8.40. The largest absolute Gasteiger partial charge is 0.480 e. The van der Waals surface area contributed by atoms with Gasteiger partial charge in [-0.2, -0.15) is 0 Å². The van der Waals surface area contributed by atoms with Crippen LogP contribution in [0.3, 0.4) is 0 Å². The van der Waals surface area contributed by atoms with Crippen molar-refractivity contribution >= 4 is 11.9 Å². The fourth-order valence-electron chi connectivity index (χ4n) is 1.16. The quantitative estimate of drug-likeness (QED) is 0.755. The van der Waals surface area contributed by atoms with Crippen molar-refractivity contribution < 1.29 is 19.1 Å². The number of rotatable bonds is 5. The highest BCUT2D eigenvalue weighted by atomic mass is 16.4. The first-order chi connectivity index (χ1) is 7.13. The van der Waals surface area contributed by atoms with Gasteiger partial charge < -0.3 is 14.8 Å². The summed E-state index contributed by atoms with van der Waals surface area (Å²) in [5, 5.41) is 11.1. The lowest BCUT2D eigenvalue weighted by atomic mass is 10.2. The van der Waals surface area contributed by atoms with Gasteiger partial charge in [0.2, 0.25) is 5.91 Å². The molecule has 0 saturated heterocycles. The van der Waals surface area contributed by atoms with E-state index in [1.165, 1.54) is 6.26 Å². The molecule has 1 aromatic heterocycles. The van der Waals surface area contributed by atoms with E-state index in [4.69, 9.17) is 9.52 Å². The maximum atomic E-state index is 11.3. The first-order valence-electron chi connectivity index (χ1n) is 4.68. The van der Waals surface area contributed by atoms with E-state index >= 15 is 0 Å². The van der Waals surface area contributed by atoms with Crippen LogP contribution in [0.1, 0.15) is 19.1 Å². The molecule has 5 heteroatoms. The smallest absolute Gasteiger partial charge is 0.326 e. The van der Waals surface area contributed by atoms with Gasteiger partial charge >= 0.3 is 5.97 Å². The molecule has 0 aliphatic rings. The molecule has 0 aliphatic carbocycles. The van der Waals surface area contributed by atoms with Gasteiger partial charge in [0.15, 0.2) is 0 Å². The van der Waals surface area contributed by atoms with Gasteiger partial charge in [0.25, 0.3) is 0 Å². The van der Waals surface area contributed by atoms with Gasteiger partial charge in [-0.3, -0.25) is 4.79 Å². The van der Waals surface area contributed by atoms with Crippen molar-refractivity contribution in [3.05, 3.63) is 24.2 Å². The summed E-state index contributed by atoms with van der Waals surface area (Å²) in [5.74, 6) is -0.850. The average Bonchev–Trinajstić information content (AvgIpc) is 2.66. The molecule has 15 heavy (non-hydrogen) atoms. The number of nitrogens with one attached hydrogen (secondary N) is 1. The lowest BCUT2D eigenvalue weighted by molar-refractivity contribution is -0.141. The molecule has 0 aliphatic heterocycles. The molecule has 0 fully saturated rings. The van der Waals surface area contributed by atoms with E-state index < -0.39 is 12.0 Å². The summed E-state index contributed by atoms with van der Waals surface area (Å²) in [6.07, 6.45) is 1.90. The molecular weight excluding hydrogens is 198 g/mol. The average molecular weight is 211 g/mol. The van der Waals surface area contributed by atoms with E-state index in [2.05, 4.69) is 5.32 Å². The Bertz CT molecular complexity index is 331. The van der Waals surface area contributed by atoms with E-state index in [0.29, 0.717) is 12.2 Å². The zero-order valence-corrected chi connectivity index (χ0v) is 8.40. The third kappa shape index (κ3) is 3.46. The molecule has 1 unspecified atom stereocenters. The lowest BCUT2D eigenvalue weighted by Gasteiger charge is -2.11. The highest BCUT2D eigenvalue weighted by molar-refractivity contribution is 5.84. The summed E-state index contributed by atoms with van der Waals surface area (Å²) >= 11 is 0. The van der Waals surface area contributed by atoms with E-state index in [9.17, 15) is 9.59 Å². The number of amides is 1. The first kappa shape index (κ1) is 11.3. The molecule has 0 saturated carbocycles. The van der Waals surface area contributed by atoms with Gasteiger partial charge in [-0.05, 0) is 18.6 Å². The number of carbonyl (C=O) groups excluding carboxylic acids is 1. The van der Waals surface area contributed by atoms with Gasteiger partial charge in [0.1, 0.15) is 11.8 Å². The topological polar surface area (TPSA) is 79.5 Å². The second-order valence-corrected chi connectivity index (χ2v) is 3.12. The number of furan rings is 1. The van der Waals surface area contributed by atoms with Crippen molar-refractivity contribution in [2.45, 2.75) is 25.8 Å². The van der Waals surface area contributed by atoms with Gasteiger partial charge in [0, 0.05) is 0 Å². The number of carbonyl (C=O) groups is 2. The van der Waals surface area contributed by atoms with Crippen LogP contribution in [0.4, 0.5) is 0 Å². The Kier molecular flexibility index (Phi) is 3.91. The minimum Gasteiger partial charge on any atom is -0.480 e. The van der Waals surface area contributed by atoms with Crippen LogP contribution in [-0.4, -0.2) is 23.0 Å². The van der Waals surface area contributed by atoms with Crippen LogP contribution < -0.4 is 5.32 Å². The molecule has 1 rings (SSSR count). The fraction of sp³-hybridized carbons (Fsp3) is 0.400. The van der Waals surface area contributed by atoms with Crippen LogP contribution >= 0.6 is 0 Å². The predicted molar refractivity (Wildman–Crippen MR) is 52.3 cm³/mol. The van der Waals surface area contributed by atoms with E-state index in [0.717, 1.165) is 0 Å². The Morgan fingerprint density at radius 1 is 1.60 bits per heavy atom. The number of hydrogen-bond acceptors (Lipinski definition) is 3. The number of carboxylic acid groups (broad SMARTS) is 1. The third-order valence-electron chi connectivity index (χ3n) is 1.96. The Hall–Kier alpha value is -1.78. The molecule has 1 atom stereocenters. The molecule has 0 spiro atoms. The summed E-state index contributed by atoms with van der Waals surface area (Å²) in [6.45, 7) is 1.70. The highest BCUT2D eigenvalue weighted by Gasteiger charge is 2.17. The SMILES string of the molecule is CCC(NC(=O)Cc1ccco1)C(=O)O.